The van der Waals surface area contributed by atoms with Crippen LogP contribution in [0.25, 0.3) is 0 Å². The third-order valence-electron chi connectivity index (χ3n) is 5.68. The van der Waals surface area contributed by atoms with Crippen LogP contribution in [0.3, 0.4) is 0 Å². The first-order valence-corrected chi connectivity index (χ1v) is 11.2. The van der Waals surface area contributed by atoms with Gasteiger partial charge in [-0.3, -0.25) is 0 Å². The maximum Gasteiger partial charge on any atom is 0.161 e. The van der Waals surface area contributed by atoms with Crippen molar-refractivity contribution >= 4 is 0 Å². The number of hydrogen-bond acceptors (Lipinski definition) is 5. The predicted octanol–water partition coefficient (Wildman–Crippen LogP) is 5.05. The van der Waals surface area contributed by atoms with Crippen molar-refractivity contribution in [2.75, 3.05) is 40.9 Å². The van der Waals surface area contributed by atoms with Gasteiger partial charge in [0.25, 0.3) is 0 Å². The molecule has 3 aromatic rings. The Balaban J connectivity index is 1.53. The van der Waals surface area contributed by atoms with Gasteiger partial charge in [-0.15, -0.1) is 0 Å². The van der Waals surface area contributed by atoms with Gasteiger partial charge in [-0.2, -0.15) is 0 Å². The summed E-state index contributed by atoms with van der Waals surface area (Å²) in [4.78, 5) is 2.17. The summed E-state index contributed by atoms with van der Waals surface area (Å²) in [6.45, 7) is 2.58. The van der Waals surface area contributed by atoms with Gasteiger partial charge in [0.2, 0.25) is 0 Å². The number of methoxy groups -OCH3 is 1. The summed E-state index contributed by atoms with van der Waals surface area (Å²) in [5.41, 5.74) is 3.75. The second-order valence-corrected chi connectivity index (χ2v) is 8.33. The van der Waals surface area contributed by atoms with E-state index in [0.29, 0.717) is 6.61 Å². The van der Waals surface area contributed by atoms with Crippen molar-refractivity contribution in [1.82, 2.24) is 10.2 Å². The molecule has 5 heteroatoms. The van der Waals surface area contributed by atoms with Crippen LogP contribution in [0.15, 0.2) is 66.7 Å². The maximum absolute atomic E-state index is 6.11. The minimum absolute atomic E-state index is 0.111. The topological polar surface area (TPSA) is 43.0 Å². The minimum Gasteiger partial charge on any atom is -0.493 e. The van der Waals surface area contributed by atoms with Gasteiger partial charge >= 0.3 is 0 Å². The molecule has 4 rings (SSSR count). The number of nitrogens with zero attached hydrogens (tertiary/aromatic N) is 1. The van der Waals surface area contributed by atoms with E-state index in [9.17, 15) is 0 Å². The largest absolute Gasteiger partial charge is 0.493 e. The molecule has 168 valence electrons. The van der Waals surface area contributed by atoms with E-state index < -0.39 is 0 Å². The van der Waals surface area contributed by atoms with Gasteiger partial charge in [0.05, 0.1) is 19.8 Å². The summed E-state index contributed by atoms with van der Waals surface area (Å²) in [7, 11) is 5.86. The molecule has 0 aliphatic carbocycles. The lowest BCUT2D eigenvalue weighted by Gasteiger charge is -2.29. The molecule has 0 spiro atoms. The molecule has 32 heavy (non-hydrogen) atoms. The lowest BCUT2D eigenvalue weighted by Crippen LogP contribution is -2.30. The van der Waals surface area contributed by atoms with E-state index in [1.54, 1.807) is 7.11 Å². The first-order valence-electron chi connectivity index (χ1n) is 11.2. The van der Waals surface area contributed by atoms with E-state index in [-0.39, 0.29) is 6.04 Å². The number of fused-ring (bicyclic) bond motifs is 1. The Morgan fingerprint density at radius 2 is 1.69 bits per heavy atom. The Bertz CT molecular complexity index is 1000. The molecular weight excluding hydrogens is 400 g/mol. The molecule has 1 atom stereocenters. The molecule has 0 fully saturated rings. The predicted molar refractivity (Wildman–Crippen MR) is 128 cm³/mol. The number of benzene rings is 3. The third kappa shape index (κ3) is 5.42. The molecule has 1 heterocycles. The monoisotopic (exact) mass is 432 g/mol. The standard InChI is InChI=1S/C27H32N2O3/c1-29(2)16-7-17-31-26-19-24-21(18-25(26)30-3)14-15-28-27(24)20-10-12-23(13-11-20)32-22-8-5-4-6-9-22/h4-6,8-13,18-19,27-28H,7,14-17H2,1-3H3. The Morgan fingerprint density at radius 1 is 0.938 bits per heavy atom. The van der Waals surface area contributed by atoms with Crippen LogP contribution in [-0.4, -0.2) is 45.8 Å². The van der Waals surface area contributed by atoms with E-state index in [1.807, 2.05) is 42.5 Å². The summed E-state index contributed by atoms with van der Waals surface area (Å²) in [6, 6.07) is 22.6. The summed E-state index contributed by atoms with van der Waals surface area (Å²) in [6.07, 6.45) is 1.94. The highest BCUT2D eigenvalue weighted by molar-refractivity contribution is 5.52. The molecule has 1 aliphatic heterocycles. The second kappa shape index (κ2) is 10.5. The molecule has 0 radical (unpaired) electrons. The van der Waals surface area contributed by atoms with Crippen LogP contribution in [-0.2, 0) is 6.42 Å². The van der Waals surface area contributed by atoms with Gasteiger partial charge < -0.3 is 24.4 Å². The van der Waals surface area contributed by atoms with Gasteiger partial charge in [0, 0.05) is 13.1 Å². The summed E-state index contributed by atoms with van der Waals surface area (Å²) in [5.74, 6) is 3.28. The normalized spacial score (nSPS) is 15.3. The van der Waals surface area contributed by atoms with Crippen LogP contribution in [0.4, 0.5) is 0 Å². The first kappa shape index (κ1) is 22.2. The van der Waals surface area contributed by atoms with Crippen LogP contribution < -0.4 is 19.5 Å². The third-order valence-corrected chi connectivity index (χ3v) is 5.68. The highest BCUT2D eigenvalue weighted by Gasteiger charge is 2.24. The van der Waals surface area contributed by atoms with Crippen LogP contribution >= 0.6 is 0 Å². The Labute approximate surface area is 190 Å². The fraction of sp³-hybridized carbons (Fsp3) is 0.333. The van der Waals surface area contributed by atoms with E-state index in [4.69, 9.17) is 14.2 Å². The number of para-hydroxylation sites is 1. The summed E-state index contributed by atoms with van der Waals surface area (Å²) >= 11 is 0. The fourth-order valence-corrected chi connectivity index (χ4v) is 4.05. The van der Waals surface area contributed by atoms with Crippen LogP contribution in [0, 0.1) is 0 Å². The van der Waals surface area contributed by atoms with Crippen molar-refractivity contribution in [3.05, 3.63) is 83.4 Å². The van der Waals surface area contributed by atoms with Crippen LogP contribution in [0.1, 0.15) is 29.2 Å². The zero-order chi connectivity index (χ0) is 22.3. The van der Waals surface area contributed by atoms with Crippen molar-refractivity contribution in [1.29, 1.82) is 0 Å². The maximum atomic E-state index is 6.11. The average molecular weight is 433 g/mol. The summed E-state index contributed by atoms with van der Waals surface area (Å²) < 4.78 is 17.7. The van der Waals surface area contributed by atoms with Crippen molar-refractivity contribution in [2.24, 2.45) is 0 Å². The average Bonchev–Trinajstić information content (AvgIpc) is 2.82. The first-order chi connectivity index (χ1) is 15.6. The molecule has 5 nitrogen and oxygen atoms in total. The Hall–Kier alpha value is -3.02. The highest BCUT2D eigenvalue weighted by atomic mass is 16.5. The van der Waals surface area contributed by atoms with Crippen molar-refractivity contribution in [3.63, 3.8) is 0 Å². The van der Waals surface area contributed by atoms with Crippen LogP contribution in [0.5, 0.6) is 23.0 Å². The van der Waals surface area contributed by atoms with Crippen LogP contribution in [0.2, 0.25) is 0 Å². The molecule has 1 unspecified atom stereocenters. The zero-order valence-corrected chi connectivity index (χ0v) is 19.1. The van der Waals surface area contributed by atoms with E-state index >= 15 is 0 Å². The van der Waals surface area contributed by atoms with E-state index in [0.717, 1.165) is 48.9 Å². The van der Waals surface area contributed by atoms with Gasteiger partial charge in [-0.05, 0) is 80.0 Å². The molecule has 1 N–H and O–H groups in total. The van der Waals surface area contributed by atoms with E-state index in [1.165, 1.54) is 16.7 Å². The molecular formula is C27H32N2O3. The molecule has 0 aromatic heterocycles. The van der Waals surface area contributed by atoms with Gasteiger partial charge in [-0.25, -0.2) is 0 Å². The minimum atomic E-state index is 0.111. The van der Waals surface area contributed by atoms with Gasteiger partial charge in [0.15, 0.2) is 11.5 Å². The number of ether oxygens (including phenoxy) is 3. The molecule has 0 saturated carbocycles. The Morgan fingerprint density at radius 3 is 2.41 bits per heavy atom. The number of hydrogen-bond donors (Lipinski definition) is 1. The lowest BCUT2D eigenvalue weighted by atomic mass is 9.89. The fourth-order valence-electron chi connectivity index (χ4n) is 4.05. The van der Waals surface area contributed by atoms with Gasteiger partial charge in [0.1, 0.15) is 11.5 Å². The lowest BCUT2D eigenvalue weighted by molar-refractivity contribution is 0.267. The summed E-state index contributed by atoms with van der Waals surface area (Å²) in [5, 5.41) is 3.66. The van der Waals surface area contributed by atoms with Crippen molar-refractivity contribution < 1.29 is 14.2 Å². The Kier molecular flexibility index (Phi) is 7.30. The van der Waals surface area contributed by atoms with E-state index in [2.05, 4.69) is 48.6 Å². The molecule has 0 bridgehead atoms. The quantitative estimate of drug-likeness (QED) is 0.479. The number of nitrogens with one attached hydrogen (secondary N) is 1. The highest BCUT2D eigenvalue weighted by Crippen LogP contribution is 2.38. The zero-order valence-electron chi connectivity index (χ0n) is 19.1. The van der Waals surface area contributed by atoms with Crippen molar-refractivity contribution in [2.45, 2.75) is 18.9 Å². The molecule has 3 aromatic carbocycles. The molecule has 1 aliphatic rings. The second-order valence-electron chi connectivity index (χ2n) is 8.33. The van der Waals surface area contributed by atoms with Gasteiger partial charge in [-0.1, -0.05) is 30.3 Å². The SMILES string of the molecule is COc1cc2c(cc1OCCCN(C)C)C(c1ccc(Oc3ccccc3)cc1)NCC2. The smallest absolute Gasteiger partial charge is 0.161 e. The molecule has 0 amide bonds. The number of rotatable bonds is 9. The van der Waals surface area contributed by atoms with Crippen molar-refractivity contribution in [3.8, 4) is 23.0 Å². The molecule has 0 saturated heterocycles.